The average molecular weight is 636 g/mol. The van der Waals surface area contributed by atoms with Gasteiger partial charge in [0.25, 0.3) is 11.5 Å². The quantitative estimate of drug-likeness (QED) is 0.200. The molecule has 1 aliphatic rings. The number of nitrogens with zero attached hydrogens (tertiary/aromatic N) is 2. The van der Waals surface area contributed by atoms with Gasteiger partial charge in [-0.25, -0.2) is 4.99 Å². The van der Waals surface area contributed by atoms with Gasteiger partial charge in [0, 0.05) is 21.8 Å². The predicted molar refractivity (Wildman–Crippen MR) is 179 cm³/mol. The molecule has 4 aromatic carbocycles. The van der Waals surface area contributed by atoms with E-state index >= 15 is 0 Å². The summed E-state index contributed by atoms with van der Waals surface area (Å²) in [6.07, 6.45) is 1.81. The van der Waals surface area contributed by atoms with Crippen LogP contribution in [0.1, 0.15) is 36.6 Å². The summed E-state index contributed by atoms with van der Waals surface area (Å²) in [6, 6.07) is 31.1. The summed E-state index contributed by atoms with van der Waals surface area (Å²) in [5.74, 6) is 0.998. The molecule has 1 aromatic heterocycles. The highest BCUT2D eigenvalue weighted by Gasteiger charge is 2.32. The van der Waals surface area contributed by atoms with Gasteiger partial charge in [-0.2, -0.15) is 0 Å². The van der Waals surface area contributed by atoms with Crippen molar-refractivity contribution in [1.82, 2.24) is 4.57 Å². The van der Waals surface area contributed by atoms with E-state index in [0.29, 0.717) is 49.4 Å². The third kappa shape index (κ3) is 6.48. The van der Waals surface area contributed by atoms with Crippen molar-refractivity contribution in [3.8, 4) is 11.5 Å². The van der Waals surface area contributed by atoms with Gasteiger partial charge in [-0.15, -0.1) is 0 Å². The molecule has 0 aliphatic carbocycles. The number of benzene rings is 4. The summed E-state index contributed by atoms with van der Waals surface area (Å²) in [7, 11) is 0. The molecule has 9 heteroatoms. The second kappa shape index (κ2) is 13.4. The van der Waals surface area contributed by atoms with E-state index in [0.717, 1.165) is 16.7 Å². The van der Waals surface area contributed by atoms with Crippen LogP contribution in [0.25, 0.3) is 6.08 Å². The number of amides is 1. The first-order valence-electron chi connectivity index (χ1n) is 14.5. The molecular weight excluding hydrogens is 606 g/mol. The average Bonchev–Trinajstić information content (AvgIpc) is 3.35. The number of thiazole rings is 1. The van der Waals surface area contributed by atoms with Crippen molar-refractivity contribution >= 4 is 40.6 Å². The Hall–Kier alpha value is -4.92. The van der Waals surface area contributed by atoms with Gasteiger partial charge in [-0.05, 0) is 61.9 Å². The Kier molecular flexibility index (Phi) is 8.96. The standard InChI is InChI=1S/C36H30ClN3O4S/c1-3-43-28-19-17-24(18-20-28)33-32(34(41)39-27-13-5-4-6-14-27)23(2)38-36-40(33)35(42)31(45-36)21-25-11-8-10-16-30(25)44-22-26-12-7-9-15-29(26)37/h4-21,33H,3,22H2,1-2H3,(H,39,41)/b31-21+/t33-/m1/s1. The second-order valence-electron chi connectivity index (χ2n) is 10.3. The van der Waals surface area contributed by atoms with Crippen molar-refractivity contribution in [3.05, 3.63) is 156 Å². The summed E-state index contributed by atoms with van der Waals surface area (Å²) < 4.78 is 13.9. The minimum Gasteiger partial charge on any atom is -0.494 e. The molecule has 5 aromatic rings. The maximum atomic E-state index is 14.2. The number of carbonyl (C=O) groups excluding carboxylic acids is 1. The Morgan fingerprint density at radius 2 is 1.67 bits per heavy atom. The second-order valence-corrected chi connectivity index (χ2v) is 11.7. The van der Waals surface area contributed by atoms with Crippen molar-refractivity contribution in [3.63, 3.8) is 0 Å². The Bertz CT molecular complexity index is 2070. The number of aromatic nitrogens is 1. The minimum absolute atomic E-state index is 0.254. The van der Waals surface area contributed by atoms with Crippen LogP contribution in [-0.4, -0.2) is 17.1 Å². The molecule has 7 nitrogen and oxygen atoms in total. The smallest absolute Gasteiger partial charge is 0.271 e. The molecule has 45 heavy (non-hydrogen) atoms. The number of fused-ring (bicyclic) bond motifs is 1. The van der Waals surface area contributed by atoms with Crippen molar-refractivity contribution in [1.29, 1.82) is 0 Å². The first-order chi connectivity index (χ1) is 21.9. The molecular formula is C36H30ClN3O4S. The van der Waals surface area contributed by atoms with E-state index in [1.165, 1.54) is 11.3 Å². The fourth-order valence-corrected chi connectivity index (χ4v) is 6.43. The largest absolute Gasteiger partial charge is 0.494 e. The van der Waals surface area contributed by atoms with Crippen LogP contribution in [-0.2, 0) is 11.4 Å². The van der Waals surface area contributed by atoms with E-state index < -0.39 is 6.04 Å². The number of ether oxygens (including phenoxy) is 2. The maximum absolute atomic E-state index is 14.2. The van der Waals surface area contributed by atoms with E-state index in [-0.39, 0.29) is 18.1 Å². The molecule has 0 spiro atoms. The molecule has 0 saturated carbocycles. The number of para-hydroxylation sites is 2. The van der Waals surface area contributed by atoms with Crippen molar-refractivity contribution in [2.75, 3.05) is 11.9 Å². The summed E-state index contributed by atoms with van der Waals surface area (Å²) >= 11 is 7.61. The van der Waals surface area contributed by atoms with Gasteiger partial charge in [0.1, 0.15) is 18.1 Å². The topological polar surface area (TPSA) is 81.9 Å². The Labute approximate surface area is 269 Å². The lowest BCUT2D eigenvalue weighted by Gasteiger charge is -2.25. The number of hydrogen-bond donors (Lipinski definition) is 1. The zero-order valence-electron chi connectivity index (χ0n) is 24.7. The number of nitrogens with one attached hydrogen (secondary N) is 1. The number of anilines is 1. The molecule has 0 radical (unpaired) electrons. The van der Waals surface area contributed by atoms with E-state index in [4.69, 9.17) is 26.1 Å². The fourth-order valence-electron chi connectivity index (χ4n) is 5.20. The first kappa shape index (κ1) is 30.1. The van der Waals surface area contributed by atoms with Gasteiger partial charge >= 0.3 is 0 Å². The fraction of sp³-hybridized carbons (Fsp3) is 0.139. The van der Waals surface area contributed by atoms with Crippen molar-refractivity contribution in [2.24, 2.45) is 4.99 Å². The molecule has 6 rings (SSSR count). The van der Waals surface area contributed by atoms with Crippen LogP contribution in [0, 0.1) is 0 Å². The number of hydrogen-bond acceptors (Lipinski definition) is 6. The monoisotopic (exact) mass is 635 g/mol. The van der Waals surface area contributed by atoms with Gasteiger partial charge in [0.15, 0.2) is 4.80 Å². The summed E-state index contributed by atoms with van der Waals surface area (Å²) in [6.45, 7) is 4.53. The Balaban J connectivity index is 1.42. The van der Waals surface area contributed by atoms with Crippen molar-refractivity contribution < 1.29 is 14.3 Å². The van der Waals surface area contributed by atoms with Gasteiger partial charge in [0.2, 0.25) is 0 Å². The Morgan fingerprint density at radius 3 is 2.42 bits per heavy atom. The molecule has 0 saturated heterocycles. The first-order valence-corrected chi connectivity index (χ1v) is 15.7. The van der Waals surface area contributed by atoms with Crippen LogP contribution in [0.5, 0.6) is 11.5 Å². The van der Waals surface area contributed by atoms with Crippen LogP contribution < -0.4 is 29.7 Å². The Morgan fingerprint density at radius 1 is 0.956 bits per heavy atom. The maximum Gasteiger partial charge on any atom is 0.271 e. The molecule has 0 fully saturated rings. The highest BCUT2D eigenvalue weighted by Crippen LogP contribution is 2.32. The lowest BCUT2D eigenvalue weighted by molar-refractivity contribution is -0.113. The van der Waals surface area contributed by atoms with E-state index in [9.17, 15) is 9.59 Å². The van der Waals surface area contributed by atoms with Gasteiger partial charge in [-0.1, -0.05) is 89.7 Å². The molecule has 0 bridgehead atoms. The highest BCUT2D eigenvalue weighted by molar-refractivity contribution is 7.07. The molecule has 226 valence electrons. The lowest BCUT2D eigenvalue weighted by atomic mass is 9.95. The summed E-state index contributed by atoms with van der Waals surface area (Å²) in [5, 5.41) is 3.61. The van der Waals surface area contributed by atoms with Crippen LogP contribution >= 0.6 is 22.9 Å². The zero-order chi connectivity index (χ0) is 31.3. The lowest BCUT2D eigenvalue weighted by Crippen LogP contribution is -2.40. The summed E-state index contributed by atoms with van der Waals surface area (Å²) in [5.41, 5.74) is 3.70. The minimum atomic E-state index is -0.700. The predicted octanol–water partition coefficient (Wildman–Crippen LogP) is 6.51. The van der Waals surface area contributed by atoms with Crippen LogP contribution in [0.4, 0.5) is 5.69 Å². The molecule has 1 atom stereocenters. The van der Waals surface area contributed by atoms with Gasteiger partial charge in [0.05, 0.1) is 28.5 Å². The normalized spacial score (nSPS) is 14.5. The SMILES string of the molecule is CCOc1ccc([C@@H]2C(C(=O)Nc3ccccc3)=C(C)N=c3s/c(=C/c4ccccc4OCc4ccccc4Cl)c(=O)n32)cc1. The van der Waals surface area contributed by atoms with Crippen LogP contribution in [0.15, 0.2) is 124 Å². The molecule has 1 amide bonds. The molecule has 0 unspecified atom stereocenters. The van der Waals surface area contributed by atoms with E-state index in [1.807, 2.05) is 116 Å². The van der Waals surface area contributed by atoms with E-state index in [1.54, 1.807) is 11.5 Å². The van der Waals surface area contributed by atoms with Gasteiger partial charge in [-0.3, -0.25) is 14.2 Å². The number of allylic oxidation sites excluding steroid dienone is 1. The number of rotatable bonds is 9. The van der Waals surface area contributed by atoms with Crippen LogP contribution in [0.3, 0.4) is 0 Å². The third-order valence-corrected chi connectivity index (χ3v) is 8.70. The van der Waals surface area contributed by atoms with Crippen molar-refractivity contribution in [2.45, 2.75) is 26.5 Å². The van der Waals surface area contributed by atoms with Gasteiger partial charge < -0.3 is 14.8 Å². The molecule has 1 N–H and O–H groups in total. The zero-order valence-corrected chi connectivity index (χ0v) is 26.3. The number of carbonyl (C=O) groups is 1. The molecule has 1 aliphatic heterocycles. The third-order valence-electron chi connectivity index (χ3n) is 7.35. The molecule has 2 heterocycles. The van der Waals surface area contributed by atoms with E-state index in [2.05, 4.69) is 5.32 Å². The van der Waals surface area contributed by atoms with Crippen LogP contribution in [0.2, 0.25) is 5.02 Å². The highest BCUT2D eigenvalue weighted by atomic mass is 35.5. The summed E-state index contributed by atoms with van der Waals surface area (Å²) in [4.78, 5) is 33.3. The number of halogens is 1.